The van der Waals surface area contributed by atoms with Crippen molar-refractivity contribution in [3.63, 3.8) is 0 Å². The first-order valence-corrected chi connectivity index (χ1v) is 7.13. The number of methoxy groups -OCH3 is 1. The summed E-state index contributed by atoms with van der Waals surface area (Å²) in [7, 11) is 2.77. The van der Waals surface area contributed by atoms with E-state index in [9.17, 15) is 31.1 Å². The van der Waals surface area contributed by atoms with Gasteiger partial charge >= 0.3 is 18.4 Å². The number of nitrogens with one attached hydrogen (secondary N) is 1. The van der Waals surface area contributed by atoms with Gasteiger partial charge in [0.25, 0.3) is 0 Å². The van der Waals surface area contributed by atoms with Crippen LogP contribution in [0.15, 0.2) is 18.2 Å². The van der Waals surface area contributed by atoms with Gasteiger partial charge in [0.15, 0.2) is 0 Å². The molecule has 0 heterocycles. The molecule has 0 radical (unpaired) electrons. The molecule has 0 fully saturated rings. The summed E-state index contributed by atoms with van der Waals surface area (Å²) >= 11 is 0. The van der Waals surface area contributed by atoms with Gasteiger partial charge in [-0.3, -0.25) is 0 Å². The van der Waals surface area contributed by atoms with Crippen LogP contribution in [0.4, 0.5) is 36.8 Å². The molecule has 142 valence electrons. The summed E-state index contributed by atoms with van der Waals surface area (Å²) in [5.74, 6) is 0. The van der Waals surface area contributed by atoms with E-state index in [0.717, 1.165) is 4.90 Å². The third kappa shape index (κ3) is 5.52. The topological polar surface area (TPSA) is 41.6 Å². The number of alkyl halides is 6. The molecule has 0 bridgehead atoms. The molecule has 1 rings (SSSR count). The molecule has 1 aromatic rings. The number of likely N-dealkylation sites (N-methyl/N-ethyl adjacent to an activating group) is 1. The zero-order chi connectivity index (χ0) is 19.6. The predicted octanol–water partition coefficient (Wildman–Crippen LogP) is 4.61. The first-order chi connectivity index (χ1) is 11.3. The van der Waals surface area contributed by atoms with Gasteiger partial charge in [-0.1, -0.05) is 0 Å². The van der Waals surface area contributed by atoms with Crippen LogP contribution in [0.25, 0.3) is 0 Å². The summed E-state index contributed by atoms with van der Waals surface area (Å²) < 4.78 is 81.9. The molecule has 10 heteroatoms. The van der Waals surface area contributed by atoms with Crippen molar-refractivity contribution in [1.82, 2.24) is 4.90 Å². The maximum Gasteiger partial charge on any atom is 0.416 e. The van der Waals surface area contributed by atoms with E-state index in [1.54, 1.807) is 13.8 Å². The zero-order valence-electron chi connectivity index (χ0n) is 13.9. The van der Waals surface area contributed by atoms with Gasteiger partial charge in [-0.15, -0.1) is 0 Å². The molecule has 0 aliphatic carbocycles. The van der Waals surface area contributed by atoms with Crippen molar-refractivity contribution in [2.75, 3.05) is 19.5 Å². The average Bonchev–Trinajstić information content (AvgIpc) is 2.50. The zero-order valence-corrected chi connectivity index (χ0v) is 13.9. The minimum atomic E-state index is -4.98. The van der Waals surface area contributed by atoms with Crippen LogP contribution in [0, 0.1) is 0 Å². The summed E-state index contributed by atoms with van der Waals surface area (Å²) in [4.78, 5) is 13.2. The molecule has 4 nitrogen and oxygen atoms in total. The van der Waals surface area contributed by atoms with Gasteiger partial charge in [-0.25, -0.2) is 4.79 Å². The van der Waals surface area contributed by atoms with Crippen molar-refractivity contribution in [2.45, 2.75) is 38.3 Å². The number of benzene rings is 1. The monoisotopic (exact) mass is 372 g/mol. The smallest absolute Gasteiger partial charge is 0.380 e. The standard InChI is InChI=1S/C15H18F6N2O2/c1-8(9(2)25-4)23(3)13(24)22-12-6-10(14(16,17)18)5-11(7-12)15(19,20)21/h5-9H,1-4H3,(H,22,24)/t8-,9?/m1/s1. The summed E-state index contributed by atoms with van der Waals surface area (Å²) in [6, 6.07) is -0.423. The Morgan fingerprint density at radius 3 is 1.84 bits per heavy atom. The molecule has 0 aliphatic heterocycles. The Hall–Kier alpha value is -1.97. The average molecular weight is 372 g/mol. The number of anilines is 1. The van der Waals surface area contributed by atoms with Gasteiger partial charge in [0, 0.05) is 19.8 Å². The fraction of sp³-hybridized carbons (Fsp3) is 0.533. The van der Waals surface area contributed by atoms with E-state index in [2.05, 4.69) is 5.32 Å². The van der Waals surface area contributed by atoms with Gasteiger partial charge in [0.1, 0.15) is 0 Å². The van der Waals surface area contributed by atoms with Crippen molar-refractivity contribution in [3.05, 3.63) is 29.3 Å². The molecule has 0 saturated heterocycles. The number of carbonyl (C=O) groups is 1. The molecule has 25 heavy (non-hydrogen) atoms. The SMILES string of the molecule is COC(C)[C@@H](C)N(C)C(=O)Nc1cc(C(F)(F)F)cc(C(F)(F)F)c1. The Morgan fingerprint density at radius 1 is 1.04 bits per heavy atom. The third-order valence-corrected chi connectivity index (χ3v) is 3.82. The third-order valence-electron chi connectivity index (χ3n) is 3.82. The number of rotatable bonds is 4. The van der Waals surface area contributed by atoms with Crippen molar-refractivity contribution >= 4 is 11.7 Å². The summed E-state index contributed by atoms with van der Waals surface area (Å²) in [6.07, 6.45) is -10.3. The van der Waals surface area contributed by atoms with Crippen molar-refractivity contribution < 1.29 is 35.9 Å². The fourth-order valence-corrected chi connectivity index (χ4v) is 1.94. The highest BCUT2D eigenvalue weighted by molar-refractivity contribution is 5.89. The summed E-state index contributed by atoms with van der Waals surface area (Å²) in [5, 5.41) is 2.06. The molecule has 1 N–H and O–H groups in total. The molecule has 0 spiro atoms. The Balaban J connectivity index is 3.14. The normalized spacial score (nSPS) is 14.8. The van der Waals surface area contributed by atoms with E-state index in [-0.39, 0.29) is 12.2 Å². The van der Waals surface area contributed by atoms with E-state index in [1.807, 2.05) is 0 Å². The second kappa shape index (κ2) is 7.51. The lowest BCUT2D eigenvalue weighted by Gasteiger charge is -2.29. The Bertz CT molecular complexity index is 583. The van der Waals surface area contributed by atoms with Gasteiger partial charge in [-0.2, -0.15) is 26.3 Å². The largest absolute Gasteiger partial charge is 0.416 e. The lowest BCUT2D eigenvalue weighted by atomic mass is 10.1. The van der Waals surface area contributed by atoms with Gasteiger partial charge in [0.2, 0.25) is 0 Å². The van der Waals surface area contributed by atoms with Crippen LogP contribution < -0.4 is 5.32 Å². The van der Waals surface area contributed by atoms with Crippen LogP contribution in [0.2, 0.25) is 0 Å². The number of nitrogens with zero attached hydrogens (tertiary/aromatic N) is 1. The Labute approximate surface area is 140 Å². The maximum absolute atomic E-state index is 12.8. The van der Waals surface area contributed by atoms with Crippen LogP contribution in [0.3, 0.4) is 0 Å². The number of amides is 2. The number of ether oxygens (including phenoxy) is 1. The first kappa shape index (κ1) is 21.1. The minimum absolute atomic E-state index is 0.00497. The number of carbonyl (C=O) groups excluding carboxylic acids is 1. The van der Waals surface area contributed by atoms with E-state index >= 15 is 0 Å². The number of hydrogen-bond donors (Lipinski definition) is 1. The summed E-state index contributed by atoms with van der Waals surface area (Å²) in [5.41, 5.74) is -3.60. The quantitative estimate of drug-likeness (QED) is 0.785. The van der Waals surface area contributed by atoms with Crippen LogP contribution in [-0.2, 0) is 17.1 Å². The number of hydrogen-bond acceptors (Lipinski definition) is 2. The Morgan fingerprint density at radius 2 is 1.48 bits per heavy atom. The number of urea groups is 1. The second-order valence-electron chi connectivity index (χ2n) is 5.52. The highest BCUT2D eigenvalue weighted by atomic mass is 19.4. The van der Waals surface area contributed by atoms with Crippen LogP contribution >= 0.6 is 0 Å². The molecular weight excluding hydrogens is 354 g/mol. The second-order valence-corrected chi connectivity index (χ2v) is 5.52. The lowest BCUT2D eigenvalue weighted by molar-refractivity contribution is -0.143. The predicted molar refractivity (Wildman–Crippen MR) is 79.2 cm³/mol. The molecule has 2 atom stereocenters. The Kier molecular flexibility index (Phi) is 6.33. The lowest BCUT2D eigenvalue weighted by Crippen LogP contribution is -2.44. The molecule has 0 saturated carbocycles. The fourth-order valence-electron chi connectivity index (χ4n) is 1.94. The van der Waals surface area contributed by atoms with Crippen LogP contribution in [-0.4, -0.2) is 37.2 Å². The highest BCUT2D eigenvalue weighted by Crippen LogP contribution is 2.37. The van der Waals surface area contributed by atoms with Crippen LogP contribution in [0.1, 0.15) is 25.0 Å². The first-order valence-electron chi connectivity index (χ1n) is 7.13. The minimum Gasteiger partial charge on any atom is -0.380 e. The van der Waals surface area contributed by atoms with E-state index < -0.39 is 41.2 Å². The van der Waals surface area contributed by atoms with Gasteiger partial charge in [-0.05, 0) is 32.0 Å². The van der Waals surface area contributed by atoms with Crippen molar-refractivity contribution in [3.8, 4) is 0 Å². The molecule has 1 aromatic carbocycles. The molecular formula is C15H18F6N2O2. The number of halogens is 6. The van der Waals surface area contributed by atoms with E-state index in [0.29, 0.717) is 12.1 Å². The van der Waals surface area contributed by atoms with Crippen molar-refractivity contribution in [2.24, 2.45) is 0 Å². The van der Waals surface area contributed by atoms with E-state index in [4.69, 9.17) is 4.74 Å². The molecule has 0 aliphatic rings. The van der Waals surface area contributed by atoms with Crippen LogP contribution in [0.5, 0.6) is 0 Å². The van der Waals surface area contributed by atoms with Crippen molar-refractivity contribution in [1.29, 1.82) is 0 Å². The van der Waals surface area contributed by atoms with E-state index in [1.165, 1.54) is 14.2 Å². The van der Waals surface area contributed by atoms with Gasteiger partial charge < -0.3 is 15.0 Å². The maximum atomic E-state index is 12.8. The highest BCUT2D eigenvalue weighted by Gasteiger charge is 2.37. The molecule has 1 unspecified atom stereocenters. The molecule has 0 aromatic heterocycles. The molecule has 2 amide bonds. The van der Waals surface area contributed by atoms with Gasteiger partial charge in [0.05, 0.1) is 23.3 Å². The summed E-state index contributed by atoms with van der Waals surface area (Å²) in [6.45, 7) is 3.29.